The summed E-state index contributed by atoms with van der Waals surface area (Å²) in [4.78, 5) is 19.1. The van der Waals surface area contributed by atoms with Gasteiger partial charge in [0.25, 0.3) is 5.91 Å². The van der Waals surface area contributed by atoms with E-state index in [9.17, 15) is 14.4 Å². The van der Waals surface area contributed by atoms with Gasteiger partial charge in [-0.2, -0.15) is 0 Å². The van der Waals surface area contributed by atoms with Crippen molar-refractivity contribution in [2.45, 2.75) is 6.54 Å². The Morgan fingerprint density at radius 2 is 1.94 bits per heavy atom. The van der Waals surface area contributed by atoms with Gasteiger partial charge in [-0.3, -0.25) is 20.4 Å². The first-order valence-electron chi connectivity index (χ1n) is 10.0. The topological polar surface area (TPSA) is 125 Å². The first-order chi connectivity index (χ1) is 16.0. The molecular weight excluding hydrogens is 499 g/mol. The molecule has 3 N–H and O–H groups in total. The van der Waals surface area contributed by atoms with Gasteiger partial charge in [0.2, 0.25) is 5.82 Å². The molecule has 0 saturated carbocycles. The molecule has 1 fully saturated rings. The molecule has 172 valence electrons. The summed E-state index contributed by atoms with van der Waals surface area (Å²) in [5.74, 6) is -1.09. The van der Waals surface area contributed by atoms with Gasteiger partial charge >= 0.3 is 0 Å². The standard InChI is InChI=1S/C21H20BrFN6O4/c22-16-11-15(5-6-17(16)23)24-19(26-31)18-20(28-33-27-18)25-21(30)14-3-1-13(2-4-14)12-29-7-9-32-10-8-29/h1-6,11,31H,7-10,12H2,(H,24,26)(H,25,28,30). The smallest absolute Gasteiger partial charge is 0.256 e. The van der Waals surface area contributed by atoms with Crippen molar-refractivity contribution in [1.82, 2.24) is 20.7 Å². The summed E-state index contributed by atoms with van der Waals surface area (Å²) in [5.41, 5.74) is 3.68. The quantitative estimate of drug-likeness (QED) is 0.258. The van der Waals surface area contributed by atoms with Crippen molar-refractivity contribution in [3.63, 3.8) is 0 Å². The van der Waals surface area contributed by atoms with Crippen molar-refractivity contribution in [2.75, 3.05) is 31.6 Å². The van der Waals surface area contributed by atoms with E-state index in [1.54, 1.807) is 12.1 Å². The average molecular weight is 519 g/mol. The maximum Gasteiger partial charge on any atom is 0.256 e. The van der Waals surface area contributed by atoms with Crippen molar-refractivity contribution in [1.29, 1.82) is 0 Å². The minimum atomic E-state index is -0.459. The van der Waals surface area contributed by atoms with Gasteiger partial charge in [-0.05, 0) is 62.1 Å². The Bertz CT molecular complexity index is 1150. The number of amides is 1. The number of aromatic nitrogens is 2. The van der Waals surface area contributed by atoms with Crippen LogP contribution in [0.5, 0.6) is 0 Å². The zero-order valence-corrected chi connectivity index (χ0v) is 18.9. The van der Waals surface area contributed by atoms with Gasteiger partial charge in [-0.15, -0.1) is 0 Å². The van der Waals surface area contributed by atoms with Crippen LogP contribution >= 0.6 is 15.9 Å². The maximum atomic E-state index is 13.4. The van der Waals surface area contributed by atoms with E-state index in [0.717, 1.165) is 38.4 Å². The third-order valence-electron chi connectivity index (χ3n) is 4.92. The van der Waals surface area contributed by atoms with Gasteiger partial charge in [0.1, 0.15) is 5.82 Å². The minimum absolute atomic E-state index is 0.0322. The lowest BCUT2D eigenvalue weighted by molar-refractivity contribution is 0.0342. The SMILES string of the molecule is O=C(Nc1nonc1C(=Nc1ccc(F)c(Br)c1)NO)c1ccc(CN2CCOCC2)cc1. The molecule has 1 aliphatic rings. The Morgan fingerprint density at radius 1 is 1.18 bits per heavy atom. The molecule has 0 atom stereocenters. The molecular formula is C21H20BrFN6O4. The lowest BCUT2D eigenvalue weighted by Crippen LogP contribution is -2.35. The number of rotatable bonds is 6. The molecule has 33 heavy (non-hydrogen) atoms. The second-order valence-electron chi connectivity index (χ2n) is 7.17. The molecule has 1 aromatic heterocycles. The van der Waals surface area contributed by atoms with Crippen molar-refractivity contribution >= 4 is 39.2 Å². The van der Waals surface area contributed by atoms with Crippen LogP contribution in [0.2, 0.25) is 0 Å². The minimum Gasteiger partial charge on any atom is -0.379 e. The first kappa shape index (κ1) is 23.0. The van der Waals surface area contributed by atoms with Crippen molar-refractivity contribution < 1.29 is 23.8 Å². The molecule has 12 heteroatoms. The van der Waals surface area contributed by atoms with Crippen LogP contribution in [0.4, 0.5) is 15.9 Å². The van der Waals surface area contributed by atoms with E-state index in [-0.39, 0.29) is 21.8 Å². The number of carbonyl (C=O) groups is 1. The van der Waals surface area contributed by atoms with E-state index < -0.39 is 11.7 Å². The summed E-state index contributed by atoms with van der Waals surface area (Å²) >= 11 is 3.07. The fraction of sp³-hybridized carbons (Fsp3) is 0.238. The van der Waals surface area contributed by atoms with Gasteiger partial charge in [0, 0.05) is 25.2 Å². The maximum absolute atomic E-state index is 13.4. The highest BCUT2D eigenvalue weighted by Crippen LogP contribution is 2.23. The molecule has 0 aliphatic carbocycles. The molecule has 1 aliphatic heterocycles. The fourth-order valence-electron chi connectivity index (χ4n) is 3.20. The summed E-state index contributed by atoms with van der Waals surface area (Å²) in [6.07, 6.45) is 0. The van der Waals surface area contributed by atoms with Crippen molar-refractivity contribution in [2.24, 2.45) is 4.99 Å². The molecule has 0 bridgehead atoms. The molecule has 4 rings (SSSR count). The molecule has 3 aromatic rings. The van der Waals surface area contributed by atoms with Crippen LogP contribution in [0, 0.1) is 5.82 Å². The van der Waals surface area contributed by atoms with Crippen LogP contribution in [0.25, 0.3) is 0 Å². The number of hydrogen-bond acceptors (Lipinski definition) is 8. The number of morpholine rings is 1. The Kier molecular flexibility index (Phi) is 7.40. The van der Waals surface area contributed by atoms with Gasteiger partial charge < -0.3 is 10.1 Å². The lowest BCUT2D eigenvalue weighted by Gasteiger charge is -2.26. The number of nitrogens with one attached hydrogen (secondary N) is 2. The molecule has 2 aromatic carbocycles. The van der Waals surface area contributed by atoms with Crippen LogP contribution in [0.15, 0.2) is 56.6 Å². The molecule has 2 heterocycles. The van der Waals surface area contributed by atoms with Crippen molar-refractivity contribution in [3.05, 3.63) is 69.6 Å². The van der Waals surface area contributed by atoms with E-state index in [1.807, 2.05) is 17.6 Å². The average Bonchev–Trinajstić information content (AvgIpc) is 3.28. The number of hydrogen-bond donors (Lipinski definition) is 3. The number of aliphatic imine (C=N–C) groups is 1. The Hall–Kier alpha value is -3.19. The van der Waals surface area contributed by atoms with E-state index in [0.29, 0.717) is 11.3 Å². The highest BCUT2D eigenvalue weighted by molar-refractivity contribution is 9.10. The molecule has 0 radical (unpaired) electrons. The highest BCUT2D eigenvalue weighted by Gasteiger charge is 2.20. The molecule has 0 unspecified atom stereocenters. The van der Waals surface area contributed by atoms with Gasteiger partial charge in [0.05, 0.1) is 23.4 Å². The third-order valence-corrected chi connectivity index (χ3v) is 5.53. The number of halogens is 2. The molecule has 0 spiro atoms. The number of amidine groups is 1. The number of benzene rings is 2. The normalized spacial score (nSPS) is 14.8. The zero-order valence-electron chi connectivity index (χ0n) is 17.3. The van der Waals surface area contributed by atoms with E-state index in [2.05, 4.69) is 41.5 Å². The van der Waals surface area contributed by atoms with Gasteiger partial charge in [0.15, 0.2) is 11.5 Å². The van der Waals surface area contributed by atoms with E-state index in [1.165, 1.54) is 18.2 Å². The predicted octanol–water partition coefficient (Wildman–Crippen LogP) is 3.11. The fourth-order valence-corrected chi connectivity index (χ4v) is 3.57. The summed E-state index contributed by atoms with van der Waals surface area (Å²) in [7, 11) is 0. The summed E-state index contributed by atoms with van der Waals surface area (Å²) in [6.45, 7) is 3.98. The predicted molar refractivity (Wildman–Crippen MR) is 120 cm³/mol. The number of carbonyl (C=O) groups excluding carboxylic acids is 1. The molecule has 1 saturated heterocycles. The third kappa shape index (κ3) is 5.79. The zero-order chi connectivity index (χ0) is 23.2. The number of anilines is 1. The molecule has 1 amide bonds. The van der Waals surface area contributed by atoms with Crippen LogP contribution in [0.1, 0.15) is 21.6 Å². The van der Waals surface area contributed by atoms with Gasteiger partial charge in [-0.25, -0.2) is 14.0 Å². The summed E-state index contributed by atoms with van der Waals surface area (Å²) in [5, 5.41) is 19.5. The monoisotopic (exact) mass is 518 g/mol. The van der Waals surface area contributed by atoms with Crippen LogP contribution < -0.4 is 10.8 Å². The van der Waals surface area contributed by atoms with Crippen molar-refractivity contribution in [3.8, 4) is 0 Å². The summed E-state index contributed by atoms with van der Waals surface area (Å²) < 4.78 is 23.7. The van der Waals surface area contributed by atoms with Crippen LogP contribution in [0.3, 0.4) is 0 Å². The Labute approximate surface area is 196 Å². The second kappa shape index (κ2) is 10.6. The number of ether oxygens (including phenoxy) is 1. The lowest BCUT2D eigenvalue weighted by atomic mass is 10.1. The molecule has 10 nitrogen and oxygen atoms in total. The largest absolute Gasteiger partial charge is 0.379 e. The first-order valence-corrected chi connectivity index (χ1v) is 10.8. The van der Waals surface area contributed by atoms with E-state index >= 15 is 0 Å². The summed E-state index contributed by atoms with van der Waals surface area (Å²) in [6, 6.07) is 11.2. The Morgan fingerprint density at radius 3 is 2.64 bits per heavy atom. The van der Waals surface area contributed by atoms with Gasteiger partial charge in [-0.1, -0.05) is 12.1 Å². The van der Waals surface area contributed by atoms with E-state index in [4.69, 9.17) is 9.37 Å². The highest BCUT2D eigenvalue weighted by atomic mass is 79.9. The van der Waals surface area contributed by atoms with Crippen LogP contribution in [-0.2, 0) is 11.3 Å². The number of hydroxylamine groups is 1. The van der Waals surface area contributed by atoms with Crippen LogP contribution in [-0.4, -0.2) is 58.5 Å². The number of nitrogens with zero attached hydrogens (tertiary/aromatic N) is 4. The Balaban J connectivity index is 1.46. The second-order valence-corrected chi connectivity index (χ2v) is 8.03.